The van der Waals surface area contributed by atoms with Crippen LogP contribution in [0.3, 0.4) is 0 Å². The molecule has 0 N–H and O–H groups in total. The Morgan fingerprint density at radius 1 is 1.05 bits per heavy atom. The van der Waals surface area contributed by atoms with Crippen LogP contribution in [0, 0.1) is 36.5 Å². The molecular formula is C17H13N5. The fourth-order valence-corrected chi connectivity index (χ4v) is 2.80. The van der Waals surface area contributed by atoms with Gasteiger partial charge in [-0.25, -0.2) is 4.98 Å². The molecule has 0 aliphatic heterocycles. The summed E-state index contributed by atoms with van der Waals surface area (Å²) in [5.41, 5.74) is 4.71. The summed E-state index contributed by atoms with van der Waals surface area (Å²) in [6, 6.07) is 9.92. The second kappa shape index (κ2) is 4.98. The lowest BCUT2D eigenvalue weighted by Gasteiger charge is -2.08. The highest BCUT2D eigenvalue weighted by Gasteiger charge is 2.20. The van der Waals surface area contributed by atoms with Crippen LogP contribution in [0.1, 0.15) is 22.3 Å². The van der Waals surface area contributed by atoms with E-state index in [1.54, 1.807) is 6.20 Å². The molecule has 2 aromatic heterocycles. The Morgan fingerprint density at radius 3 is 2.32 bits per heavy atom. The molecule has 3 aromatic rings. The van der Waals surface area contributed by atoms with Gasteiger partial charge in [-0.1, -0.05) is 6.07 Å². The standard InChI is InChI=1S/C17H13N5/c1-10-12(8-18)13(9-19)11(2)16-15(10)21-17(22(16)3)14-6-4-5-7-20-14/h4-7H,1-3H3. The number of benzene rings is 1. The van der Waals surface area contributed by atoms with Gasteiger partial charge in [0.25, 0.3) is 0 Å². The van der Waals surface area contributed by atoms with E-state index < -0.39 is 0 Å². The zero-order valence-electron chi connectivity index (χ0n) is 12.5. The molecule has 3 rings (SSSR count). The van der Waals surface area contributed by atoms with Crippen molar-refractivity contribution in [2.75, 3.05) is 0 Å². The summed E-state index contributed by atoms with van der Waals surface area (Å²) < 4.78 is 1.93. The fraction of sp³-hybridized carbons (Fsp3) is 0.176. The molecule has 0 bridgehead atoms. The van der Waals surface area contributed by atoms with Crippen LogP contribution in [0.25, 0.3) is 22.6 Å². The summed E-state index contributed by atoms with van der Waals surface area (Å²) in [6.07, 6.45) is 1.72. The van der Waals surface area contributed by atoms with Crippen LogP contribution in [-0.2, 0) is 7.05 Å². The molecule has 0 atom stereocenters. The van der Waals surface area contributed by atoms with Gasteiger partial charge in [0.2, 0.25) is 0 Å². The maximum atomic E-state index is 9.39. The second-order valence-electron chi connectivity index (χ2n) is 5.13. The molecule has 0 radical (unpaired) electrons. The minimum Gasteiger partial charge on any atom is -0.326 e. The van der Waals surface area contributed by atoms with Gasteiger partial charge in [0.1, 0.15) is 17.8 Å². The van der Waals surface area contributed by atoms with Crippen LogP contribution in [0.4, 0.5) is 0 Å². The smallest absolute Gasteiger partial charge is 0.159 e. The van der Waals surface area contributed by atoms with Gasteiger partial charge in [-0.15, -0.1) is 0 Å². The number of imidazole rings is 1. The molecule has 5 nitrogen and oxygen atoms in total. The van der Waals surface area contributed by atoms with Crippen molar-refractivity contribution in [2.45, 2.75) is 13.8 Å². The van der Waals surface area contributed by atoms with Crippen LogP contribution in [0.2, 0.25) is 0 Å². The number of fused-ring (bicyclic) bond motifs is 1. The molecule has 22 heavy (non-hydrogen) atoms. The van der Waals surface area contributed by atoms with Crippen molar-refractivity contribution in [3.8, 4) is 23.7 Å². The summed E-state index contributed by atoms with van der Waals surface area (Å²) in [4.78, 5) is 9.00. The summed E-state index contributed by atoms with van der Waals surface area (Å²) in [5.74, 6) is 0.723. The minimum absolute atomic E-state index is 0.401. The van der Waals surface area contributed by atoms with Crippen LogP contribution >= 0.6 is 0 Å². The Kier molecular flexibility index (Phi) is 3.12. The molecule has 0 saturated carbocycles. The molecule has 5 heteroatoms. The molecule has 1 aromatic carbocycles. The highest BCUT2D eigenvalue weighted by atomic mass is 15.1. The quantitative estimate of drug-likeness (QED) is 0.689. The van der Waals surface area contributed by atoms with E-state index in [1.165, 1.54) is 0 Å². The van der Waals surface area contributed by atoms with E-state index >= 15 is 0 Å². The predicted octanol–water partition coefficient (Wildman–Crippen LogP) is 3.00. The predicted molar refractivity (Wildman–Crippen MR) is 82.8 cm³/mol. The first-order valence-corrected chi connectivity index (χ1v) is 6.81. The number of nitrogens with zero attached hydrogens (tertiary/aromatic N) is 5. The fourth-order valence-electron chi connectivity index (χ4n) is 2.80. The van der Waals surface area contributed by atoms with Gasteiger partial charge >= 0.3 is 0 Å². The third-order valence-corrected chi connectivity index (χ3v) is 3.92. The summed E-state index contributed by atoms with van der Waals surface area (Å²) in [6.45, 7) is 3.68. The first kappa shape index (κ1) is 13.8. The second-order valence-corrected chi connectivity index (χ2v) is 5.13. The molecule has 0 amide bonds. The lowest BCUT2D eigenvalue weighted by molar-refractivity contribution is 0.946. The van der Waals surface area contributed by atoms with Gasteiger partial charge in [0, 0.05) is 13.2 Å². The van der Waals surface area contributed by atoms with E-state index in [9.17, 15) is 10.5 Å². The normalized spacial score (nSPS) is 10.4. The van der Waals surface area contributed by atoms with Crippen molar-refractivity contribution in [1.82, 2.24) is 14.5 Å². The molecule has 0 fully saturated rings. The largest absolute Gasteiger partial charge is 0.326 e. The number of aryl methyl sites for hydroxylation is 3. The Balaban J connectivity index is 2.47. The Labute approximate surface area is 128 Å². The molecule has 0 aliphatic rings. The van der Waals surface area contributed by atoms with E-state index in [0.717, 1.165) is 33.7 Å². The number of hydrogen-bond donors (Lipinski definition) is 0. The molecule has 0 saturated heterocycles. The Hall–Kier alpha value is -3.18. The van der Waals surface area contributed by atoms with E-state index in [4.69, 9.17) is 0 Å². The zero-order chi connectivity index (χ0) is 15.9. The highest BCUT2D eigenvalue weighted by molar-refractivity contribution is 5.90. The maximum Gasteiger partial charge on any atom is 0.159 e. The van der Waals surface area contributed by atoms with Gasteiger partial charge < -0.3 is 4.57 Å². The molecule has 2 heterocycles. The summed E-state index contributed by atoms with van der Waals surface area (Å²) in [5, 5.41) is 18.7. The number of hydrogen-bond acceptors (Lipinski definition) is 4. The lowest BCUT2D eigenvalue weighted by Crippen LogP contribution is -1.99. The van der Waals surface area contributed by atoms with Gasteiger partial charge in [-0.2, -0.15) is 10.5 Å². The number of aromatic nitrogens is 3. The molecule has 0 aliphatic carbocycles. The van der Waals surface area contributed by atoms with Crippen LogP contribution < -0.4 is 0 Å². The Morgan fingerprint density at radius 2 is 1.73 bits per heavy atom. The molecule has 106 valence electrons. The van der Waals surface area contributed by atoms with Crippen molar-refractivity contribution in [3.05, 3.63) is 46.6 Å². The minimum atomic E-state index is 0.401. The third-order valence-electron chi connectivity index (χ3n) is 3.92. The first-order chi connectivity index (χ1) is 10.6. The van der Waals surface area contributed by atoms with Crippen molar-refractivity contribution < 1.29 is 0 Å². The van der Waals surface area contributed by atoms with Crippen molar-refractivity contribution >= 4 is 11.0 Å². The number of pyridine rings is 1. The lowest BCUT2D eigenvalue weighted by atomic mass is 9.97. The monoisotopic (exact) mass is 287 g/mol. The van der Waals surface area contributed by atoms with Crippen LogP contribution in [0.15, 0.2) is 24.4 Å². The van der Waals surface area contributed by atoms with Gasteiger partial charge in [0.05, 0.1) is 22.2 Å². The highest BCUT2D eigenvalue weighted by Crippen LogP contribution is 2.31. The van der Waals surface area contributed by atoms with E-state index in [0.29, 0.717) is 11.1 Å². The van der Waals surface area contributed by atoms with Crippen molar-refractivity contribution in [3.63, 3.8) is 0 Å². The van der Waals surface area contributed by atoms with E-state index in [2.05, 4.69) is 22.1 Å². The summed E-state index contributed by atoms with van der Waals surface area (Å²) >= 11 is 0. The zero-order valence-corrected chi connectivity index (χ0v) is 12.5. The van der Waals surface area contributed by atoms with Crippen molar-refractivity contribution in [1.29, 1.82) is 10.5 Å². The first-order valence-electron chi connectivity index (χ1n) is 6.81. The third kappa shape index (κ3) is 1.77. The SMILES string of the molecule is Cc1c(C#N)c(C#N)c(C)c2c1nc(-c1ccccn1)n2C. The van der Waals surface area contributed by atoms with Gasteiger partial charge in [0.15, 0.2) is 5.82 Å². The number of rotatable bonds is 1. The van der Waals surface area contributed by atoms with Crippen LogP contribution in [-0.4, -0.2) is 14.5 Å². The molecular weight excluding hydrogens is 274 g/mol. The van der Waals surface area contributed by atoms with Gasteiger partial charge in [-0.3, -0.25) is 4.98 Å². The van der Waals surface area contributed by atoms with E-state index in [1.807, 2.05) is 43.7 Å². The average molecular weight is 287 g/mol. The Bertz CT molecular complexity index is 969. The molecule has 0 spiro atoms. The maximum absolute atomic E-state index is 9.39. The topological polar surface area (TPSA) is 78.3 Å². The van der Waals surface area contributed by atoms with Crippen molar-refractivity contribution in [2.24, 2.45) is 7.05 Å². The molecule has 0 unspecified atom stereocenters. The van der Waals surface area contributed by atoms with Crippen LogP contribution in [0.5, 0.6) is 0 Å². The average Bonchev–Trinajstić information content (AvgIpc) is 2.89. The van der Waals surface area contributed by atoms with Gasteiger partial charge in [-0.05, 0) is 37.1 Å². The summed E-state index contributed by atoms with van der Waals surface area (Å²) in [7, 11) is 1.90. The number of nitriles is 2. The van der Waals surface area contributed by atoms with E-state index in [-0.39, 0.29) is 0 Å².